The van der Waals surface area contributed by atoms with Gasteiger partial charge in [0.15, 0.2) is 9.84 Å². The number of aryl methyl sites for hydroxylation is 1. The summed E-state index contributed by atoms with van der Waals surface area (Å²) in [6, 6.07) is 14.0. The number of rotatable bonds is 6. The van der Waals surface area contributed by atoms with Crippen molar-refractivity contribution < 1.29 is 13.2 Å². The Morgan fingerprint density at radius 1 is 1.27 bits per heavy atom. The van der Waals surface area contributed by atoms with E-state index in [0.717, 1.165) is 11.1 Å². The molecule has 0 amide bonds. The van der Waals surface area contributed by atoms with Crippen LogP contribution in [0.15, 0.2) is 53.4 Å². The monoisotopic (exact) mass is 409 g/mol. The molecule has 4 nitrogen and oxygen atoms in total. The molecule has 0 aromatic heterocycles. The summed E-state index contributed by atoms with van der Waals surface area (Å²) in [5.41, 5.74) is 6.87. The Morgan fingerprint density at radius 2 is 1.92 bits per heavy atom. The lowest BCUT2D eigenvalue weighted by atomic mass is 10.00. The lowest BCUT2D eigenvalue weighted by Crippen LogP contribution is -2.33. The minimum Gasteiger partial charge on any atom is -0.393 e. The standard InChI is InChI=1S/C19H20ClNO3S2/c1-12-6-8-15(9-7-12)26(22,23)17-16(13-4-3-5-14(20)10-13)19(17,11-24-2)18(21)25/h3-10,16-17H,11H2,1-2H3,(H2,21,25)/t16-,17+,19-/m0/s1. The quantitative estimate of drug-likeness (QED) is 0.739. The summed E-state index contributed by atoms with van der Waals surface area (Å²) in [4.78, 5) is 0.402. The molecular formula is C19H20ClNO3S2. The van der Waals surface area contributed by atoms with Gasteiger partial charge in [0, 0.05) is 18.1 Å². The van der Waals surface area contributed by atoms with Crippen LogP contribution in [0.3, 0.4) is 0 Å². The van der Waals surface area contributed by atoms with Gasteiger partial charge in [0.1, 0.15) is 0 Å². The lowest BCUT2D eigenvalue weighted by Gasteiger charge is -2.16. The maximum Gasteiger partial charge on any atom is 0.182 e. The molecule has 7 heteroatoms. The van der Waals surface area contributed by atoms with Crippen LogP contribution in [0.4, 0.5) is 0 Å². The number of benzene rings is 2. The molecule has 0 bridgehead atoms. The van der Waals surface area contributed by atoms with Gasteiger partial charge in [-0.25, -0.2) is 8.42 Å². The number of halogens is 1. The van der Waals surface area contributed by atoms with Crippen molar-refractivity contribution in [1.29, 1.82) is 0 Å². The summed E-state index contributed by atoms with van der Waals surface area (Å²) in [7, 11) is -2.14. The van der Waals surface area contributed by atoms with E-state index in [1.54, 1.807) is 42.5 Å². The van der Waals surface area contributed by atoms with Crippen molar-refractivity contribution in [3.05, 3.63) is 64.7 Å². The molecule has 2 aromatic carbocycles. The Hall–Kier alpha value is -1.47. The lowest BCUT2D eigenvalue weighted by molar-refractivity contribution is 0.166. The molecule has 0 unspecified atom stereocenters. The largest absolute Gasteiger partial charge is 0.393 e. The van der Waals surface area contributed by atoms with Gasteiger partial charge < -0.3 is 10.5 Å². The van der Waals surface area contributed by atoms with E-state index in [2.05, 4.69) is 0 Å². The summed E-state index contributed by atoms with van der Waals surface area (Å²) in [6.07, 6.45) is 0. The van der Waals surface area contributed by atoms with Crippen LogP contribution in [0.2, 0.25) is 5.02 Å². The number of sulfone groups is 1. The topological polar surface area (TPSA) is 69.4 Å². The second-order valence-electron chi connectivity index (χ2n) is 6.65. The second-order valence-corrected chi connectivity index (χ2v) is 9.59. The maximum absolute atomic E-state index is 13.4. The van der Waals surface area contributed by atoms with Crippen LogP contribution in [-0.4, -0.2) is 32.4 Å². The van der Waals surface area contributed by atoms with Gasteiger partial charge in [-0.05, 0) is 36.8 Å². The van der Waals surface area contributed by atoms with Gasteiger partial charge in [0.2, 0.25) is 0 Å². The van der Waals surface area contributed by atoms with Gasteiger partial charge in [0.25, 0.3) is 0 Å². The highest BCUT2D eigenvalue weighted by molar-refractivity contribution is 7.92. The number of hydrogen-bond acceptors (Lipinski definition) is 4. The van der Waals surface area contributed by atoms with E-state index in [1.165, 1.54) is 7.11 Å². The molecule has 2 aromatic rings. The number of ether oxygens (including phenoxy) is 1. The van der Waals surface area contributed by atoms with Gasteiger partial charge in [-0.1, -0.05) is 53.6 Å². The molecule has 1 aliphatic rings. The summed E-state index contributed by atoms with van der Waals surface area (Å²) in [6.45, 7) is 2.04. The molecule has 26 heavy (non-hydrogen) atoms. The molecular weight excluding hydrogens is 390 g/mol. The molecule has 3 rings (SSSR count). The Morgan fingerprint density at radius 3 is 2.46 bits per heavy atom. The first-order valence-corrected chi connectivity index (χ1v) is 10.4. The highest BCUT2D eigenvalue weighted by Crippen LogP contribution is 2.64. The second kappa shape index (κ2) is 6.93. The molecule has 138 valence electrons. The molecule has 1 fully saturated rings. The van der Waals surface area contributed by atoms with Crippen LogP contribution in [0.5, 0.6) is 0 Å². The normalized spacial score (nSPS) is 25.0. The average molecular weight is 410 g/mol. The van der Waals surface area contributed by atoms with Crippen molar-refractivity contribution in [3.63, 3.8) is 0 Å². The van der Waals surface area contributed by atoms with Crippen molar-refractivity contribution in [1.82, 2.24) is 0 Å². The van der Waals surface area contributed by atoms with Gasteiger partial charge in [-0.2, -0.15) is 0 Å². The smallest absolute Gasteiger partial charge is 0.182 e. The predicted octanol–water partition coefficient (Wildman–Crippen LogP) is 3.51. The van der Waals surface area contributed by atoms with Crippen LogP contribution in [-0.2, 0) is 14.6 Å². The van der Waals surface area contributed by atoms with Crippen molar-refractivity contribution >= 4 is 38.6 Å². The summed E-state index contributed by atoms with van der Waals surface area (Å²) < 4.78 is 32.1. The van der Waals surface area contributed by atoms with Crippen LogP contribution < -0.4 is 5.73 Å². The first-order valence-electron chi connectivity index (χ1n) is 8.10. The van der Waals surface area contributed by atoms with Gasteiger partial charge in [-0.3, -0.25) is 0 Å². The number of hydrogen-bond donors (Lipinski definition) is 1. The average Bonchev–Trinajstić information content (AvgIpc) is 3.27. The zero-order valence-corrected chi connectivity index (χ0v) is 16.9. The minimum atomic E-state index is -3.66. The van der Waals surface area contributed by atoms with Crippen molar-refractivity contribution in [2.24, 2.45) is 11.1 Å². The summed E-state index contributed by atoms with van der Waals surface area (Å²) in [5, 5.41) is -0.247. The molecule has 1 saturated carbocycles. The third kappa shape index (κ3) is 3.05. The molecule has 3 atom stereocenters. The van der Waals surface area contributed by atoms with Gasteiger partial charge >= 0.3 is 0 Å². The Kier molecular flexibility index (Phi) is 5.14. The number of thiocarbonyl (C=S) groups is 1. The highest BCUT2D eigenvalue weighted by atomic mass is 35.5. The third-order valence-corrected chi connectivity index (χ3v) is 7.90. The maximum atomic E-state index is 13.4. The Bertz CT molecular complexity index is 944. The molecule has 0 radical (unpaired) electrons. The number of methoxy groups -OCH3 is 1. The van der Waals surface area contributed by atoms with E-state index in [1.807, 2.05) is 13.0 Å². The minimum absolute atomic E-state index is 0.134. The van der Waals surface area contributed by atoms with Crippen LogP contribution in [0, 0.1) is 12.3 Å². The fourth-order valence-electron chi connectivity index (χ4n) is 3.68. The Labute approximate surface area is 164 Å². The SMILES string of the molecule is COC[C@@]1(C(N)=S)[C@H](S(=O)(=O)c2ccc(C)cc2)[C@@H]1c1cccc(Cl)c1. The van der Waals surface area contributed by atoms with Crippen LogP contribution >= 0.6 is 23.8 Å². The van der Waals surface area contributed by atoms with E-state index >= 15 is 0 Å². The predicted molar refractivity (Wildman–Crippen MR) is 107 cm³/mol. The fourth-order valence-corrected chi connectivity index (χ4v) is 6.65. The molecule has 0 saturated heterocycles. The first kappa shape index (κ1) is 19.3. The molecule has 2 N–H and O–H groups in total. The summed E-state index contributed by atoms with van der Waals surface area (Å²) >= 11 is 11.4. The third-order valence-electron chi connectivity index (χ3n) is 4.99. The van der Waals surface area contributed by atoms with Crippen LogP contribution in [0.25, 0.3) is 0 Å². The zero-order valence-electron chi connectivity index (χ0n) is 14.5. The first-order chi connectivity index (χ1) is 12.2. The van der Waals surface area contributed by atoms with Gasteiger partial charge in [-0.15, -0.1) is 0 Å². The molecule has 0 heterocycles. The zero-order chi connectivity index (χ0) is 19.1. The molecule has 0 spiro atoms. The summed E-state index contributed by atoms with van der Waals surface area (Å²) in [5.74, 6) is -0.398. The fraction of sp³-hybridized carbons (Fsp3) is 0.316. The van der Waals surface area contributed by atoms with Gasteiger partial charge in [0.05, 0.1) is 27.2 Å². The molecule has 0 aliphatic heterocycles. The van der Waals surface area contributed by atoms with E-state index in [0.29, 0.717) is 5.02 Å². The van der Waals surface area contributed by atoms with E-state index in [-0.39, 0.29) is 16.5 Å². The van der Waals surface area contributed by atoms with E-state index in [9.17, 15) is 8.42 Å². The van der Waals surface area contributed by atoms with Crippen molar-refractivity contribution in [3.8, 4) is 0 Å². The number of nitrogens with two attached hydrogens (primary N) is 1. The van der Waals surface area contributed by atoms with E-state index < -0.39 is 26.4 Å². The highest BCUT2D eigenvalue weighted by Gasteiger charge is 2.73. The van der Waals surface area contributed by atoms with Crippen molar-refractivity contribution in [2.45, 2.75) is 23.0 Å². The van der Waals surface area contributed by atoms with Crippen LogP contribution in [0.1, 0.15) is 17.0 Å². The Balaban J connectivity index is 2.13. The molecule has 1 aliphatic carbocycles. The van der Waals surface area contributed by atoms with Crippen molar-refractivity contribution in [2.75, 3.05) is 13.7 Å². The van der Waals surface area contributed by atoms with E-state index in [4.69, 9.17) is 34.3 Å².